The molecule has 30 heavy (non-hydrogen) atoms. The van der Waals surface area contributed by atoms with Crippen LogP contribution in [0.4, 0.5) is 0 Å². The van der Waals surface area contributed by atoms with Crippen molar-refractivity contribution in [1.29, 1.82) is 0 Å². The molecule has 0 bridgehead atoms. The van der Waals surface area contributed by atoms with Crippen molar-refractivity contribution in [2.45, 2.75) is 39.5 Å². The first-order valence-corrected chi connectivity index (χ1v) is 10.3. The zero-order valence-corrected chi connectivity index (χ0v) is 17.7. The first-order chi connectivity index (χ1) is 14.4. The maximum absolute atomic E-state index is 12.6. The molecule has 2 aromatic heterocycles. The van der Waals surface area contributed by atoms with Crippen LogP contribution in [0.2, 0.25) is 5.02 Å². The molecule has 3 aromatic rings. The van der Waals surface area contributed by atoms with Crippen LogP contribution in [0, 0.1) is 13.8 Å². The summed E-state index contributed by atoms with van der Waals surface area (Å²) in [6.07, 6.45) is 4.35. The van der Waals surface area contributed by atoms with Gasteiger partial charge in [0.1, 0.15) is 0 Å². The number of benzene rings is 1. The number of aromatic nitrogens is 3. The molecule has 0 saturated carbocycles. The molecule has 154 valence electrons. The molecule has 2 heterocycles. The lowest BCUT2D eigenvalue weighted by molar-refractivity contribution is 0.0469. The second-order valence-electron chi connectivity index (χ2n) is 7.53. The van der Waals surface area contributed by atoms with Crippen LogP contribution in [-0.4, -0.2) is 33.1 Å². The van der Waals surface area contributed by atoms with E-state index in [1.54, 1.807) is 22.9 Å². The van der Waals surface area contributed by atoms with E-state index in [-0.39, 0.29) is 23.1 Å². The molecule has 4 rings (SSSR count). The number of ketones is 1. The van der Waals surface area contributed by atoms with Gasteiger partial charge in [-0.15, -0.1) is 0 Å². The van der Waals surface area contributed by atoms with Gasteiger partial charge in [0.05, 0.1) is 10.7 Å². The van der Waals surface area contributed by atoms with Gasteiger partial charge in [-0.1, -0.05) is 23.7 Å². The number of hydrogen-bond acceptors (Lipinski definition) is 5. The topological polar surface area (TPSA) is 74.1 Å². The van der Waals surface area contributed by atoms with E-state index in [0.29, 0.717) is 11.4 Å². The lowest BCUT2D eigenvalue weighted by atomic mass is 9.90. The summed E-state index contributed by atoms with van der Waals surface area (Å²) in [5.41, 5.74) is 4.74. The summed E-state index contributed by atoms with van der Waals surface area (Å²) in [5.74, 6) is -0.532. The highest BCUT2D eigenvalue weighted by molar-refractivity contribution is 6.33. The fourth-order valence-electron chi connectivity index (χ4n) is 3.74. The van der Waals surface area contributed by atoms with Crippen molar-refractivity contribution >= 4 is 23.4 Å². The van der Waals surface area contributed by atoms with E-state index in [1.807, 2.05) is 32.0 Å². The number of rotatable bonds is 5. The molecule has 1 aliphatic rings. The van der Waals surface area contributed by atoms with Crippen LogP contribution in [0.1, 0.15) is 56.2 Å². The molecular formula is C23H22ClN3O3. The van der Waals surface area contributed by atoms with Crippen LogP contribution in [0.5, 0.6) is 0 Å². The number of halogens is 1. The highest BCUT2D eigenvalue weighted by atomic mass is 35.5. The number of pyridine rings is 1. The molecule has 0 fully saturated rings. The Balaban J connectivity index is 1.48. The van der Waals surface area contributed by atoms with Gasteiger partial charge in [0.15, 0.2) is 23.9 Å². The zero-order valence-electron chi connectivity index (χ0n) is 16.9. The quantitative estimate of drug-likeness (QED) is 0.447. The van der Waals surface area contributed by atoms with E-state index in [9.17, 15) is 9.59 Å². The molecule has 0 aliphatic heterocycles. The third-order valence-electron chi connectivity index (χ3n) is 5.26. The Morgan fingerprint density at radius 2 is 1.83 bits per heavy atom. The summed E-state index contributed by atoms with van der Waals surface area (Å²) < 4.78 is 6.86. The molecular weight excluding hydrogens is 402 g/mol. The van der Waals surface area contributed by atoms with Crippen LogP contribution < -0.4 is 0 Å². The molecule has 0 atom stereocenters. The Morgan fingerprint density at radius 1 is 1.07 bits per heavy atom. The summed E-state index contributed by atoms with van der Waals surface area (Å²) in [4.78, 5) is 29.4. The van der Waals surface area contributed by atoms with E-state index in [0.717, 1.165) is 30.7 Å². The Hall–Kier alpha value is -2.99. The molecule has 0 unspecified atom stereocenters. The van der Waals surface area contributed by atoms with Gasteiger partial charge in [-0.25, -0.2) is 14.5 Å². The fraction of sp³-hybridized carbons (Fsp3) is 0.304. The Kier molecular flexibility index (Phi) is 5.68. The van der Waals surface area contributed by atoms with Crippen LogP contribution in [0.25, 0.3) is 5.82 Å². The second kappa shape index (κ2) is 8.40. The highest BCUT2D eigenvalue weighted by Gasteiger charge is 2.19. The number of ether oxygens (including phenoxy) is 1. The number of carbonyl (C=O) groups is 2. The van der Waals surface area contributed by atoms with Crippen molar-refractivity contribution < 1.29 is 14.3 Å². The van der Waals surface area contributed by atoms with Gasteiger partial charge in [-0.3, -0.25) is 4.79 Å². The minimum absolute atomic E-state index is 0.0417. The normalized spacial score (nSPS) is 13.0. The maximum atomic E-state index is 12.6. The van der Waals surface area contributed by atoms with Gasteiger partial charge in [0, 0.05) is 11.3 Å². The second-order valence-corrected chi connectivity index (χ2v) is 7.94. The Bertz CT molecular complexity index is 1140. The predicted octanol–water partition coefficient (Wildman–Crippen LogP) is 4.46. The molecule has 0 saturated heterocycles. The van der Waals surface area contributed by atoms with E-state index < -0.39 is 5.97 Å². The van der Waals surface area contributed by atoms with Crippen molar-refractivity contribution in [3.05, 3.63) is 75.2 Å². The molecule has 0 N–H and O–H groups in total. The summed E-state index contributed by atoms with van der Waals surface area (Å²) >= 11 is 6.16. The third-order valence-corrected chi connectivity index (χ3v) is 5.56. The minimum Gasteiger partial charge on any atom is -0.453 e. The Labute approximate surface area is 179 Å². The van der Waals surface area contributed by atoms with Crippen molar-refractivity contribution in [2.24, 2.45) is 0 Å². The van der Waals surface area contributed by atoms with Gasteiger partial charge in [-0.05, 0) is 74.9 Å². The SMILES string of the molecule is Cc1cc(C)n(-c2ccc(Cl)c(C(=O)OCC(=O)c3ccc4c(c3)CCCC4)n2)n1. The van der Waals surface area contributed by atoms with Gasteiger partial charge in [0.2, 0.25) is 0 Å². The number of Topliss-reactive ketones (excluding diaryl/α,β-unsaturated/α-hetero) is 1. The van der Waals surface area contributed by atoms with Crippen molar-refractivity contribution in [1.82, 2.24) is 14.8 Å². The lowest BCUT2D eigenvalue weighted by Crippen LogP contribution is -2.17. The average molecular weight is 424 g/mol. The molecule has 1 aliphatic carbocycles. The van der Waals surface area contributed by atoms with E-state index in [2.05, 4.69) is 10.1 Å². The summed E-state index contributed by atoms with van der Waals surface area (Å²) in [6, 6.07) is 10.9. The number of aryl methyl sites for hydroxylation is 4. The van der Waals surface area contributed by atoms with Gasteiger partial charge >= 0.3 is 5.97 Å². The van der Waals surface area contributed by atoms with Gasteiger partial charge in [-0.2, -0.15) is 5.10 Å². The van der Waals surface area contributed by atoms with Crippen molar-refractivity contribution in [3.63, 3.8) is 0 Å². The highest BCUT2D eigenvalue weighted by Crippen LogP contribution is 2.23. The first-order valence-electron chi connectivity index (χ1n) is 9.94. The van der Waals surface area contributed by atoms with Crippen molar-refractivity contribution in [3.8, 4) is 5.82 Å². The Morgan fingerprint density at radius 3 is 2.57 bits per heavy atom. The molecule has 0 spiro atoms. The summed E-state index contributed by atoms with van der Waals surface area (Å²) in [7, 11) is 0. The van der Waals surface area contributed by atoms with E-state index in [4.69, 9.17) is 16.3 Å². The lowest BCUT2D eigenvalue weighted by Gasteiger charge is -2.16. The number of nitrogens with zero attached hydrogens (tertiary/aromatic N) is 3. The molecule has 1 aromatic carbocycles. The van der Waals surface area contributed by atoms with Gasteiger partial charge in [0.25, 0.3) is 0 Å². The number of fused-ring (bicyclic) bond motifs is 1. The van der Waals surface area contributed by atoms with E-state index >= 15 is 0 Å². The monoisotopic (exact) mass is 423 g/mol. The van der Waals surface area contributed by atoms with Crippen LogP contribution in [0.3, 0.4) is 0 Å². The summed E-state index contributed by atoms with van der Waals surface area (Å²) in [5, 5.41) is 4.52. The van der Waals surface area contributed by atoms with Crippen molar-refractivity contribution in [2.75, 3.05) is 6.61 Å². The third kappa shape index (κ3) is 4.14. The largest absolute Gasteiger partial charge is 0.453 e. The smallest absolute Gasteiger partial charge is 0.359 e. The first kappa shape index (κ1) is 20.3. The molecule has 0 radical (unpaired) electrons. The summed E-state index contributed by atoms with van der Waals surface area (Å²) in [6.45, 7) is 3.41. The maximum Gasteiger partial charge on any atom is 0.359 e. The molecule has 0 amide bonds. The zero-order chi connectivity index (χ0) is 21.3. The molecule has 7 heteroatoms. The number of carbonyl (C=O) groups excluding carboxylic acids is 2. The van der Waals surface area contributed by atoms with E-state index in [1.165, 1.54) is 17.5 Å². The predicted molar refractivity (Wildman–Crippen MR) is 114 cm³/mol. The fourth-order valence-corrected chi connectivity index (χ4v) is 3.93. The number of esters is 1. The average Bonchev–Trinajstić information content (AvgIpc) is 3.09. The van der Waals surface area contributed by atoms with Gasteiger partial charge < -0.3 is 4.74 Å². The van der Waals surface area contributed by atoms with Crippen LogP contribution in [0.15, 0.2) is 36.4 Å². The number of hydrogen-bond donors (Lipinski definition) is 0. The standard InChI is InChI=1S/C23H22ClN3O3/c1-14-11-15(2)27(26-14)21-10-9-19(24)22(25-21)23(29)30-13-20(28)18-8-7-16-5-3-4-6-17(16)12-18/h7-12H,3-6,13H2,1-2H3. The van der Waals surface area contributed by atoms with Crippen LogP contribution in [-0.2, 0) is 17.6 Å². The minimum atomic E-state index is -0.741. The van der Waals surface area contributed by atoms with Crippen LogP contribution >= 0.6 is 11.6 Å². The molecule has 6 nitrogen and oxygen atoms in total.